The van der Waals surface area contributed by atoms with Crippen molar-refractivity contribution in [2.75, 3.05) is 13.1 Å². The molecule has 0 saturated heterocycles. The number of carbonyl (C=O) groups is 3. The van der Waals surface area contributed by atoms with Crippen LogP contribution in [0, 0.1) is 27.7 Å². The molecule has 0 aliphatic rings. The number of hydrogen-bond acceptors (Lipinski definition) is 6. The number of carbonyl (C=O) groups excluding carboxylic acids is 3. The molecule has 0 atom stereocenters. The summed E-state index contributed by atoms with van der Waals surface area (Å²) < 4.78 is 31.9. The van der Waals surface area contributed by atoms with Crippen molar-refractivity contribution in [2.45, 2.75) is 32.6 Å². The van der Waals surface area contributed by atoms with Gasteiger partial charge in [-0.05, 0) is 57.0 Å². The van der Waals surface area contributed by atoms with Crippen LogP contribution in [0.15, 0.2) is 33.6 Å². The third-order valence-corrected chi connectivity index (χ3v) is 5.66. The van der Waals surface area contributed by atoms with Crippen LogP contribution in [0.5, 0.6) is 0 Å². The Morgan fingerprint density at radius 1 is 0.900 bits per heavy atom. The van der Waals surface area contributed by atoms with E-state index in [9.17, 15) is 22.8 Å². The van der Waals surface area contributed by atoms with Gasteiger partial charge in [0, 0.05) is 0 Å². The molecule has 0 saturated carbocycles. The molecule has 4 N–H and O–H groups in total. The Hall–Kier alpha value is -3.18. The Labute approximate surface area is 174 Å². The van der Waals surface area contributed by atoms with E-state index >= 15 is 0 Å². The zero-order chi connectivity index (χ0) is 22.5. The number of sulfonamides is 1. The number of furan rings is 1. The van der Waals surface area contributed by atoms with Crippen molar-refractivity contribution in [3.05, 3.63) is 52.5 Å². The summed E-state index contributed by atoms with van der Waals surface area (Å²) >= 11 is 0. The fourth-order valence-electron chi connectivity index (χ4n) is 2.46. The van der Waals surface area contributed by atoms with Crippen LogP contribution in [-0.4, -0.2) is 39.2 Å². The first kappa shape index (κ1) is 23.1. The molecule has 30 heavy (non-hydrogen) atoms. The Kier molecular flexibility index (Phi) is 7.35. The first-order valence-electron chi connectivity index (χ1n) is 8.99. The summed E-state index contributed by atoms with van der Waals surface area (Å²) in [7, 11) is -3.86. The lowest BCUT2D eigenvalue weighted by Gasteiger charge is -2.10. The number of benzene rings is 1. The summed E-state index contributed by atoms with van der Waals surface area (Å²) in [5, 5.41) is 2.26. The largest absolute Gasteiger partial charge is 0.466 e. The monoisotopic (exact) mass is 436 g/mol. The summed E-state index contributed by atoms with van der Waals surface area (Å²) in [5.41, 5.74) is 6.38. The molecule has 1 aromatic heterocycles. The highest BCUT2D eigenvalue weighted by molar-refractivity contribution is 7.89. The molecule has 10 nitrogen and oxygen atoms in total. The van der Waals surface area contributed by atoms with Crippen LogP contribution in [0.3, 0.4) is 0 Å². The van der Waals surface area contributed by atoms with E-state index < -0.39 is 40.8 Å². The second kappa shape index (κ2) is 9.55. The molecule has 0 fully saturated rings. The molecule has 0 spiro atoms. The third kappa shape index (κ3) is 6.16. The quantitative estimate of drug-likeness (QED) is 0.461. The van der Waals surface area contributed by atoms with Gasteiger partial charge in [-0.2, -0.15) is 0 Å². The molecule has 0 bridgehead atoms. The highest BCUT2D eigenvalue weighted by Gasteiger charge is 2.17. The first-order chi connectivity index (χ1) is 14.0. The van der Waals surface area contributed by atoms with Crippen molar-refractivity contribution in [1.82, 2.24) is 20.9 Å². The van der Waals surface area contributed by atoms with E-state index in [1.54, 1.807) is 26.8 Å². The van der Waals surface area contributed by atoms with Gasteiger partial charge in [0.2, 0.25) is 15.9 Å². The Bertz CT molecular complexity index is 1070. The van der Waals surface area contributed by atoms with Gasteiger partial charge in [0.15, 0.2) is 0 Å². The second-order valence-corrected chi connectivity index (χ2v) is 8.44. The van der Waals surface area contributed by atoms with E-state index in [2.05, 4.69) is 20.9 Å². The highest BCUT2D eigenvalue weighted by Crippen LogP contribution is 2.14. The van der Waals surface area contributed by atoms with Crippen LogP contribution in [-0.2, 0) is 19.6 Å². The van der Waals surface area contributed by atoms with E-state index in [1.165, 1.54) is 18.2 Å². The SMILES string of the molecule is Cc1cc(C(=O)NNC(=O)CNC(=O)CNS(=O)(=O)c2ccc(C)c(C)c2)c(C)o1. The lowest BCUT2D eigenvalue weighted by atomic mass is 10.1. The predicted molar refractivity (Wildman–Crippen MR) is 108 cm³/mol. The van der Waals surface area contributed by atoms with Crippen molar-refractivity contribution in [2.24, 2.45) is 0 Å². The minimum atomic E-state index is -3.86. The first-order valence-corrected chi connectivity index (χ1v) is 10.5. The van der Waals surface area contributed by atoms with Crippen molar-refractivity contribution < 1.29 is 27.2 Å². The van der Waals surface area contributed by atoms with E-state index in [-0.39, 0.29) is 10.5 Å². The summed E-state index contributed by atoms with van der Waals surface area (Å²) in [6.45, 7) is 5.95. The highest BCUT2D eigenvalue weighted by atomic mass is 32.2. The molecule has 0 radical (unpaired) electrons. The topological polar surface area (TPSA) is 147 Å². The van der Waals surface area contributed by atoms with Crippen LogP contribution in [0.1, 0.15) is 33.0 Å². The molecule has 2 aromatic rings. The number of nitrogens with one attached hydrogen (secondary N) is 4. The predicted octanol–water partition coefficient (Wildman–Crippen LogP) is 0.369. The van der Waals surface area contributed by atoms with Crippen molar-refractivity contribution in [1.29, 1.82) is 0 Å². The van der Waals surface area contributed by atoms with Gasteiger partial charge in [-0.1, -0.05) is 6.07 Å². The van der Waals surface area contributed by atoms with Gasteiger partial charge in [0.25, 0.3) is 11.8 Å². The maximum Gasteiger partial charge on any atom is 0.273 e. The van der Waals surface area contributed by atoms with Crippen molar-refractivity contribution in [3.8, 4) is 0 Å². The van der Waals surface area contributed by atoms with Crippen molar-refractivity contribution in [3.63, 3.8) is 0 Å². The normalized spacial score (nSPS) is 11.1. The van der Waals surface area contributed by atoms with E-state index in [0.717, 1.165) is 11.1 Å². The average molecular weight is 436 g/mol. The van der Waals surface area contributed by atoms with E-state index in [1.807, 2.05) is 6.92 Å². The fraction of sp³-hybridized carbons (Fsp3) is 0.316. The number of amides is 3. The average Bonchev–Trinajstić information content (AvgIpc) is 3.03. The summed E-state index contributed by atoms with van der Waals surface area (Å²) in [4.78, 5) is 35.6. The summed E-state index contributed by atoms with van der Waals surface area (Å²) in [5.74, 6) is -0.995. The molecule has 0 aliphatic carbocycles. The summed E-state index contributed by atoms with van der Waals surface area (Å²) in [6, 6.07) is 6.16. The smallest absolute Gasteiger partial charge is 0.273 e. The van der Waals surface area contributed by atoms with Gasteiger partial charge in [-0.3, -0.25) is 25.2 Å². The number of rotatable bonds is 7. The molecule has 0 unspecified atom stereocenters. The van der Waals surface area contributed by atoms with Crippen LogP contribution in [0.25, 0.3) is 0 Å². The van der Waals surface area contributed by atoms with Crippen molar-refractivity contribution >= 4 is 27.7 Å². The minimum Gasteiger partial charge on any atom is -0.466 e. The van der Waals surface area contributed by atoms with E-state index in [0.29, 0.717) is 11.5 Å². The lowest BCUT2D eigenvalue weighted by Crippen LogP contribution is -2.47. The fourth-order valence-corrected chi connectivity index (χ4v) is 3.53. The van der Waals surface area contributed by atoms with E-state index in [4.69, 9.17) is 4.42 Å². The molecule has 1 heterocycles. The van der Waals surface area contributed by atoms with Crippen LogP contribution in [0.4, 0.5) is 0 Å². The molecule has 162 valence electrons. The van der Waals surface area contributed by atoms with Gasteiger partial charge >= 0.3 is 0 Å². The second-order valence-electron chi connectivity index (χ2n) is 6.68. The number of hydrogen-bond donors (Lipinski definition) is 4. The molecule has 11 heteroatoms. The van der Waals surface area contributed by atoms with Gasteiger partial charge < -0.3 is 9.73 Å². The summed E-state index contributed by atoms with van der Waals surface area (Å²) in [6.07, 6.45) is 0. The number of aryl methyl sites for hydroxylation is 4. The van der Waals surface area contributed by atoms with Gasteiger partial charge in [-0.15, -0.1) is 0 Å². The standard InChI is InChI=1S/C19H24N4O6S/c1-11-5-6-15(7-12(11)2)30(27,28)21-10-17(24)20-9-18(25)22-23-19(26)16-8-13(3)29-14(16)4/h5-8,21H,9-10H2,1-4H3,(H,20,24)(H,22,25)(H,23,26). The molecule has 3 amide bonds. The molecular weight excluding hydrogens is 412 g/mol. The zero-order valence-electron chi connectivity index (χ0n) is 17.1. The van der Waals surface area contributed by atoms with Gasteiger partial charge in [0.05, 0.1) is 23.5 Å². The van der Waals surface area contributed by atoms with Gasteiger partial charge in [0.1, 0.15) is 11.5 Å². The molecule has 1 aromatic carbocycles. The minimum absolute atomic E-state index is 0.0450. The Morgan fingerprint density at radius 2 is 1.60 bits per heavy atom. The number of hydrazine groups is 1. The van der Waals surface area contributed by atoms with Gasteiger partial charge in [-0.25, -0.2) is 13.1 Å². The molecule has 0 aliphatic heterocycles. The Morgan fingerprint density at radius 3 is 2.20 bits per heavy atom. The maximum atomic E-state index is 12.3. The Balaban J connectivity index is 1.77. The van der Waals surface area contributed by atoms with Crippen LogP contribution in [0.2, 0.25) is 0 Å². The molecular formula is C19H24N4O6S. The van der Waals surface area contributed by atoms with Crippen LogP contribution < -0.4 is 20.9 Å². The third-order valence-electron chi connectivity index (χ3n) is 4.26. The maximum absolute atomic E-state index is 12.3. The van der Waals surface area contributed by atoms with Crippen LogP contribution >= 0.6 is 0 Å². The lowest BCUT2D eigenvalue weighted by molar-refractivity contribution is -0.125. The zero-order valence-corrected chi connectivity index (χ0v) is 17.9. The molecule has 2 rings (SSSR count).